The van der Waals surface area contributed by atoms with E-state index in [-0.39, 0.29) is 39.6 Å². The van der Waals surface area contributed by atoms with Crippen molar-refractivity contribution in [2.45, 2.75) is 19.9 Å². The molecule has 2 aromatic carbocycles. The predicted octanol–water partition coefficient (Wildman–Crippen LogP) is 4.84. The van der Waals surface area contributed by atoms with Gasteiger partial charge in [0.05, 0.1) is 51.5 Å². The number of aryl methyl sites for hydroxylation is 1. The van der Waals surface area contributed by atoms with Crippen LogP contribution in [0.25, 0.3) is 15.9 Å². The highest BCUT2D eigenvalue weighted by molar-refractivity contribution is 7.22. The number of fused-ring (bicyclic) bond motifs is 1. The van der Waals surface area contributed by atoms with E-state index < -0.39 is 30.2 Å². The van der Waals surface area contributed by atoms with E-state index in [0.29, 0.717) is 21.3 Å². The molecule has 15 heteroatoms. The molecule has 0 aliphatic heterocycles. The van der Waals surface area contributed by atoms with Crippen molar-refractivity contribution in [2.75, 3.05) is 17.2 Å². The van der Waals surface area contributed by atoms with E-state index in [1.165, 1.54) is 24.4 Å². The molecule has 0 radical (unpaired) electrons. The first-order valence-electron chi connectivity index (χ1n) is 11.9. The molecule has 0 unspecified atom stereocenters. The van der Waals surface area contributed by atoms with Gasteiger partial charge in [0, 0.05) is 6.20 Å². The smallest absolute Gasteiger partial charge is 0.356 e. The summed E-state index contributed by atoms with van der Waals surface area (Å²) >= 11 is 7.57. The van der Waals surface area contributed by atoms with Gasteiger partial charge in [0.2, 0.25) is 5.95 Å². The minimum atomic E-state index is -2.56. The number of rotatable bonds is 8. The van der Waals surface area contributed by atoms with Crippen LogP contribution in [0.15, 0.2) is 58.4 Å². The van der Waals surface area contributed by atoms with E-state index >= 15 is 0 Å². The number of nitrogens with zero attached hydrogens (tertiary/aromatic N) is 6. The fourth-order valence-electron chi connectivity index (χ4n) is 3.96. The van der Waals surface area contributed by atoms with Gasteiger partial charge in [0.1, 0.15) is 11.9 Å². The van der Waals surface area contributed by atoms with E-state index in [2.05, 4.69) is 25.6 Å². The fraction of sp³-hybridized carbons (Fsp3) is 0.154. The summed E-state index contributed by atoms with van der Waals surface area (Å²) in [4.78, 5) is 39.2. The van der Waals surface area contributed by atoms with Gasteiger partial charge in [-0.15, -0.1) is 0 Å². The highest BCUT2D eigenvalue weighted by Gasteiger charge is 2.18. The summed E-state index contributed by atoms with van der Waals surface area (Å²) in [6.07, 6.45) is 0.341. The average Bonchev–Trinajstić information content (AvgIpc) is 3.32. The van der Waals surface area contributed by atoms with E-state index in [1.54, 1.807) is 31.3 Å². The van der Waals surface area contributed by atoms with Crippen LogP contribution in [-0.2, 0) is 6.54 Å². The first kappa shape index (κ1) is 27.8. The molecule has 2 N–H and O–H groups in total. The van der Waals surface area contributed by atoms with Crippen molar-refractivity contribution in [1.29, 1.82) is 5.26 Å². The summed E-state index contributed by atoms with van der Waals surface area (Å²) in [6.45, 7) is 0.987. The molecular formula is C26H18ClF3N8O2S. The summed E-state index contributed by atoms with van der Waals surface area (Å²) in [5.74, 6) is -0.899. The molecule has 0 aliphatic rings. The molecule has 3 aromatic heterocycles. The Morgan fingerprint density at radius 2 is 1.95 bits per heavy atom. The third-order valence-corrected chi connectivity index (χ3v) is 7.10. The van der Waals surface area contributed by atoms with Crippen molar-refractivity contribution in [3.63, 3.8) is 0 Å². The fourth-order valence-corrected chi connectivity index (χ4v) is 5.06. The van der Waals surface area contributed by atoms with Crippen molar-refractivity contribution in [2.24, 2.45) is 0 Å². The van der Waals surface area contributed by atoms with E-state index in [4.69, 9.17) is 11.6 Å². The number of anilines is 3. The molecule has 3 heterocycles. The third kappa shape index (κ3) is 5.91. The maximum atomic E-state index is 14.0. The normalized spacial score (nSPS) is 11.1. The number of nitriles is 1. The average molecular weight is 599 g/mol. The quantitative estimate of drug-likeness (QED) is 0.259. The lowest BCUT2D eigenvalue weighted by Crippen LogP contribution is -2.41. The maximum absolute atomic E-state index is 14.0. The Balaban J connectivity index is 1.62. The monoisotopic (exact) mass is 598 g/mol. The summed E-state index contributed by atoms with van der Waals surface area (Å²) in [6, 6.07) is 10.2. The lowest BCUT2D eigenvalue weighted by Gasteiger charge is -2.16. The van der Waals surface area contributed by atoms with Crippen LogP contribution in [0.3, 0.4) is 0 Å². The van der Waals surface area contributed by atoms with Crippen LogP contribution in [0.2, 0.25) is 5.02 Å². The number of alkyl halides is 2. The Labute approximate surface area is 238 Å². The molecule has 208 valence electrons. The van der Waals surface area contributed by atoms with Crippen LogP contribution in [0.4, 0.5) is 29.9 Å². The maximum Gasteiger partial charge on any atom is 0.359 e. The third-order valence-electron chi connectivity index (χ3n) is 5.81. The minimum Gasteiger partial charge on any atom is -0.356 e. The van der Waals surface area contributed by atoms with Gasteiger partial charge in [-0.3, -0.25) is 9.55 Å². The zero-order chi connectivity index (χ0) is 29.3. The Kier molecular flexibility index (Phi) is 7.73. The van der Waals surface area contributed by atoms with Crippen LogP contribution in [0.5, 0.6) is 0 Å². The molecule has 0 amide bonds. The number of hydrogen-bond acceptors (Lipinski definition) is 9. The SMILES string of the molecule is Cc1cncc(-n2c(=O)nc(Nc3cc4sc(NCC(F)F)nc4cc3Cl)n(Cc3ccc(F)c(C#N)c3)c2=O)c1. The van der Waals surface area contributed by atoms with Gasteiger partial charge < -0.3 is 10.6 Å². The standard InChI is InChI=1S/C26H18ClF3N8O2S/c1-13-4-16(10-32-9-13)38-25(39)36-23(37(26(38)40)12-14-2-3-18(28)15(5-14)8-31)34-19-7-21-20(6-17(19)27)35-24(41-21)33-11-22(29)30/h2-7,9-10,22H,11-12H2,1H3,(H,33,35)(H,34,36,39). The lowest BCUT2D eigenvalue weighted by molar-refractivity contribution is 0.163. The number of halogens is 4. The number of thiazole rings is 1. The number of pyridine rings is 1. The number of aromatic nitrogens is 5. The van der Waals surface area contributed by atoms with E-state index in [1.807, 2.05) is 0 Å². The van der Waals surface area contributed by atoms with Crippen LogP contribution in [0.1, 0.15) is 16.7 Å². The Bertz CT molecular complexity index is 1950. The molecule has 0 saturated heterocycles. The second-order valence-corrected chi connectivity index (χ2v) is 10.2. The van der Waals surface area contributed by atoms with Crippen molar-refractivity contribution in [3.05, 3.63) is 97.3 Å². The van der Waals surface area contributed by atoms with Gasteiger partial charge in [-0.2, -0.15) is 10.2 Å². The summed E-state index contributed by atoms with van der Waals surface area (Å²) in [5.41, 5.74) is 0.0952. The largest absolute Gasteiger partial charge is 0.359 e. The topological polar surface area (TPSA) is 131 Å². The zero-order valence-electron chi connectivity index (χ0n) is 21.0. The second-order valence-electron chi connectivity index (χ2n) is 8.78. The number of benzene rings is 2. The molecule has 5 rings (SSSR count). The summed E-state index contributed by atoms with van der Waals surface area (Å²) in [7, 11) is 0. The van der Waals surface area contributed by atoms with E-state index in [9.17, 15) is 28.0 Å². The van der Waals surface area contributed by atoms with Gasteiger partial charge in [-0.05, 0) is 48.4 Å². The minimum absolute atomic E-state index is 0.157. The molecule has 5 aromatic rings. The molecule has 10 nitrogen and oxygen atoms in total. The second kappa shape index (κ2) is 11.4. The lowest BCUT2D eigenvalue weighted by atomic mass is 10.1. The van der Waals surface area contributed by atoms with Gasteiger partial charge in [-0.25, -0.2) is 32.3 Å². The summed E-state index contributed by atoms with van der Waals surface area (Å²) in [5, 5.41) is 15.1. The molecule has 0 atom stereocenters. The van der Waals surface area contributed by atoms with Crippen LogP contribution >= 0.6 is 22.9 Å². The molecule has 0 aliphatic carbocycles. The van der Waals surface area contributed by atoms with Crippen LogP contribution in [-0.4, -0.2) is 37.1 Å². The molecule has 0 fully saturated rings. The van der Waals surface area contributed by atoms with Crippen LogP contribution in [0, 0.1) is 24.1 Å². The Morgan fingerprint density at radius 1 is 1.15 bits per heavy atom. The Morgan fingerprint density at radius 3 is 2.68 bits per heavy atom. The summed E-state index contributed by atoms with van der Waals surface area (Å²) < 4.78 is 41.7. The van der Waals surface area contributed by atoms with Gasteiger partial charge in [-0.1, -0.05) is 29.0 Å². The molecule has 0 saturated carbocycles. The highest BCUT2D eigenvalue weighted by atomic mass is 35.5. The highest BCUT2D eigenvalue weighted by Crippen LogP contribution is 2.34. The number of hydrogen-bond donors (Lipinski definition) is 2. The van der Waals surface area contributed by atoms with E-state index in [0.717, 1.165) is 26.5 Å². The van der Waals surface area contributed by atoms with Crippen LogP contribution < -0.4 is 22.0 Å². The first-order valence-corrected chi connectivity index (χ1v) is 13.1. The predicted molar refractivity (Wildman–Crippen MR) is 149 cm³/mol. The molecule has 41 heavy (non-hydrogen) atoms. The zero-order valence-corrected chi connectivity index (χ0v) is 22.6. The number of nitrogens with one attached hydrogen (secondary N) is 2. The Hall–Kier alpha value is -4.74. The van der Waals surface area contributed by atoms with Gasteiger partial charge >= 0.3 is 11.4 Å². The van der Waals surface area contributed by atoms with Crippen molar-refractivity contribution in [1.82, 2.24) is 24.1 Å². The van der Waals surface area contributed by atoms with Crippen molar-refractivity contribution >= 4 is 49.9 Å². The first-order chi connectivity index (χ1) is 19.6. The van der Waals surface area contributed by atoms with Crippen molar-refractivity contribution < 1.29 is 13.2 Å². The molecular weight excluding hydrogens is 581 g/mol. The van der Waals surface area contributed by atoms with Gasteiger partial charge in [0.25, 0.3) is 6.43 Å². The van der Waals surface area contributed by atoms with Crippen molar-refractivity contribution in [3.8, 4) is 11.8 Å². The molecule has 0 spiro atoms. The molecule has 0 bridgehead atoms. The van der Waals surface area contributed by atoms with Gasteiger partial charge in [0.15, 0.2) is 5.13 Å².